The van der Waals surface area contributed by atoms with Gasteiger partial charge in [-0.05, 0) is 66.9 Å². The maximum absolute atomic E-state index is 14.5. The minimum absolute atomic E-state index is 0.0701. The van der Waals surface area contributed by atoms with E-state index in [1.54, 1.807) is 30.3 Å². The molecule has 47 heavy (non-hydrogen) atoms. The fraction of sp³-hybridized carbons (Fsp3) is 0.257. The summed E-state index contributed by atoms with van der Waals surface area (Å²) in [5.74, 6) is -1.21. The molecular formula is C35H35BrF3N3O4S. The van der Waals surface area contributed by atoms with E-state index in [4.69, 9.17) is 0 Å². The highest BCUT2D eigenvalue weighted by Crippen LogP contribution is 2.33. The molecule has 0 heterocycles. The van der Waals surface area contributed by atoms with Gasteiger partial charge in [0.2, 0.25) is 11.8 Å². The zero-order valence-electron chi connectivity index (χ0n) is 25.8. The van der Waals surface area contributed by atoms with E-state index < -0.39 is 46.2 Å². The Morgan fingerprint density at radius 2 is 1.47 bits per heavy atom. The summed E-state index contributed by atoms with van der Waals surface area (Å²) in [6.07, 6.45) is -4.02. The number of halogens is 4. The van der Waals surface area contributed by atoms with Gasteiger partial charge in [0, 0.05) is 23.5 Å². The molecule has 2 amide bonds. The van der Waals surface area contributed by atoms with Crippen LogP contribution in [0.4, 0.5) is 18.9 Å². The van der Waals surface area contributed by atoms with Crippen LogP contribution in [0.1, 0.15) is 37.0 Å². The Kier molecular flexibility index (Phi) is 11.9. The van der Waals surface area contributed by atoms with Crippen LogP contribution in [0.3, 0.4) is 0 Å². The summed E-state index contributed by atoms with van der Waals surface area (Å²) in [7, 11) is -4.54. The second-order valence-corrected chi connectivity index (χ2v) is 13.8. The van der Waals surface area contributed by atoms with E-state index in [1.807, 2.05) is 44.2 Å². The first-order valence-electron chi connectivity index (χ1n) is 14.9. The van der Waals surface area contributed by atoms with Gasteiger partial charge in [-0.25, -0.2) is 8.42 Å². The normalized spacial score (nSPS) is 13.0. The van der Waals surface area contributed by atoms with Gasteiger partial charge >= 0.3 is 6.18 Å². The second-order valence-electron chi connectivity index (χ2n) is 11.0. The lowest BCUT2D eigenvalue weighted by Crippen LogP contribution is -2.54. The number of nitrogens with zero attached hydrogens (tertiary/aromatic N) is 2. The summed E-state index contributed by atoms with van der Waals surface area (Å²) < 4.78 is 70.8. The molecule has 0 unspecified atom stereocenters. The maximum Gasteiger partial charge on any atom is 0.416 e. The summed E-state index contributed by atoms with van der Waals surface area (Å²) in [6.45, 7) is 2.81. The van der Waals surface area contributed by atoms with Gasteiger partial charge in [0.05, 0.1) is 16.1 Å². The average molecular weight is 731 g/mol. The van der Waals surface area contributed by atoms with Crippen molar-refractivity contribution in [3.05, 3.63) is 130 Å². The Balaban J connectivity index is 1.84. The van der Waals surface area contributed by atoms with Crippen molar-refractivity contribution in [2.75, 3.05) is 10.8 Å². The number of nitrogens with one attached hydrogen (secondary N) is 1. The number of hydrogen-bond donors (Lipinski definition) is 1. The van der Waals surface area contributed by atoms with E-state index in [2.05, 4.69) is 21.2 Å². The fourth-order valence-corrected chi connectivity index (χ4v) is 6.56. The zero-order chi connectivity index (χ0) is 34.2. The highest BCUT2D eigenvalue weighted by molar-refractivity contribution is 9.10. The molecule has 0 aliphatic heterocycles. The van der Waals surface area contributed by atoms with Crippen LogP contribution in [-0.4, -0.2) is 43.8 Å². The number of benzene rings is 4. The first-order chi connectivity index (χ1) is 22.3. The Hall–Kier alpha value is -4.16. The zero-order valence-corrected chi connectivity index (χ0v) is 28.2. The monoisotopic (exact) mass is 729 g/mol. The van der Waals surface area contributed by atoms with E-state index in [0.29, 0.717) is 22.4 Å². The lowest BCUT2D eigenvalue weighted by molar-refractivity contribution is -0.140. The molecule has 0 saturated carbocycles. The third-order valence-corrected chi connectivity index (χ3v) is 9.93. The van der Waals surface area contributed by atoms with Crippen LogP contribution < -0.4 is 9.62 Å². The van der Waals surface area contributed by atoms with Crippen LogP contribution in [0.25, 0.3) is 0 Å². The highest BCUT2D eigenvalue weighted by Gasteiger charge is 2.36. The summed E-state index contributed by atoms with van der Waals surface area (Å²) in [5, 5.41) is 2.95. The molecule has 7 nitrogen and oxygen atoms in total. The molecule has 12 heteroatoms. The van der Waals surface area contributed by atoms with E-state index in [1.165, 1.54) is 35.2 Å². The predicted octanol–water partition coefficient (Wildman–Crippen LogP) is 7.22. The maximum atomic E-state index is 14.5. The van der Waals surface area contributed by atoms with Gasteiger partial charge < -0.3 is 10.2 Å². The number of anilines is 1. The molecule has 0 saturated heterocycles. The van der Waals surface area contributed by atoms with Crippen molar-refractivity contribution in [2.24, 2.45) is 0 Å². The number of rotatable bonds is 13. The van der Waals surface area contributed by atoms with Crippen molar-refractivity contribution in [2.45, 2.75) is 56.4 Å². The van der Waals surface area contributed by atoms with Crippen molar-refractivity contribution in [3.8, 4) is 0 Å². The van der Waals surface area contributed by atoms with E-state index in [-0.39, 0.29) is 29.6 Å². The van der Waals surface area contributed by atoms with Crippen LogP contribution in [0.5, 0.6) is 0 Å². The van der Waals surface area contributed by atoms with Gasteiger partial charge in [-0.15, -0.1) is 0 Å². The van der Waals surface area contributed by atoms with E-state index in [0.717, 1.165) is 22.2 Å². The van der Waals surface area contributed by atoms with Gasteiger partial charge in [0.1, 0.15) is 12.6 Å². The first kappa shape index (κ1) is 35.7. The standard InChI is InChI=1S/C35H35BrF3N3O4S/c1-3-25(2)40-34(44)32(21-26-11-6-4-7-12-26)41(23-27-17-19-29(36)20-18-27)33(43)24-42(47(45,46)31-15-8-5-9-16-31)30-14-10-13-28(22-30)35(37,38)39/h4-20,22,25,32H,3,21,23-24H2,1-2H3,(H,40,44)/t25-,32-/m1/s1. The molecule has 0 aromatic heterocycles. The minimum atomic E-state index is -4.76. The molecule has 0 aliphatic carbocycles. The lowest BCUT2D eigenvalue weighted by atomic mass is 10.0. The summed E-state index contributed by atoms with van der Waals surface area (Å²) >= 11 is 3.40. The van der Waals surface area contributed by atoms with Crippen LogP contribution in [0.2, 0.25) is 0 Å². The molecule has 0 radical (unpaired) electrons. The number of sulfonamides is 1. The molecule has 1 N–H and O–H groups in total. The van der Waals surface area contributed by atoms with Crippen LogP contribution in [0, 0.1) is 0 Å². The topological polar surface area (TPSA) is 86.8 Å². The van der Waals surface area contributed by atoms with Crippen molar-refractivity contribution < 1.29 is 31.2 Å². The molecule has 4 aromatic carbocycles. The minimum Gasteiger partial charge on any atom is -0.352 e. The predicted molar refractivity (Wildman–Crippen MR) is 179 cm³/mol. The quantitative estimate of drug-likeness (QED) is 0.158. The Morgan fingerprint density at radius 3 is 2.06 bits per heavy atom. The second kappa shape index (κ2) is 15.6. The number of carbonyl (C=O) groups excluding carboxylic acids is 2. The Bertz CT molecular complexity index is 1760. The first-order valence-corrected chi connectivity index (χ1v) is 17.2. The van der Waals surface area contributed by atoms with Gasteiger partial charge in [-0.2, -0.15) is 13.2 Å². The highest BCUT2D eigenvalue weighted by atomic mass is 79.9. The molecular weight excluding hydrogens is 695 g/mol. The molecule has 4 rings (SSSR count). The largest absolute Gasteiger partial charge is 0.416 e. The number of carbonyl (C=O) groups is 2. The summed E-state index contributed by atoms with van der Waals surface area (Å²) in [5.41, 5.74) is 0.00568. The van der Waals surface area contributed by atoms with Crippen molar-refractivity contribution in [1.29, 1.82) is 0 Å². The Morgan fingerprint density at radius 1 is 0.851 bits per heavy atom. The number of alkyl halides is 3. The van der Waals surface area contributed by atoms with Crippen molar-refractivity contribution >= 4 is 43.5 Å². The van der Waals surface area contributed by atoms with Gasteiger partial charge in [-0.3, -0.25) is 13.9 Å². The molecule has 4 aromatic rings. The van der Waals surface area contributed by atoms with E-state index >= 15 is 0 Å². The number of hydrogen-bond acceptors (Lipinski definition) is 4. The van der Waals surface area contributed by atoms with Crippen LogP contribution >= 0.6 is 15.9 Å². The average Bonchev–Trinajstić information content (AvgIpc) is 3.06. The van der Waals surface area contributed by atoms with Crippen LogP contribution in [-0.2, 0) is 38.8 Å². The van der Waals surface area contributed by atoms with Gasteiger partial charge in [0.25, 0.3) is 10.0 Å². The SMILES string of the molecule is CC[C@@H](C)NC(=O)[C@@H](Cc1ccccc1)N(Cc1ccc(Br)cc1)C(=O)CN(c1cccc(C(F)(F)F)c1)S(=O)(=O)c1ccccc1. The third-order valence-electron chi connectivity index (χ3n) is 7.61. The van der Waals surface area contributed by atoms with Gasteiger partial charge in [-0.1, -0.05) is 89.6 Å². The van der Waals surface area contributed by atoms with Crippen molar-refractivity contribution in [3.63, 3.8) is 0 Å². The smallest absolute Gasteiger partial charge is 0.352 e. The molecule has 248 valence electrons. The van der Waals surface area contributed by atoms with Crippen molar-refractivity contribution in [1.82, 2.24) is 10.2 Å². The molecule has 0 bridgehead atoms. The third kappa shape index (κ3) is 9.45. The molecule has 0 spiro atoms. The Labute approximate surface area is 281 Å². The van der Waals surface area contributed by atoms with Crippen LogP contribution in [0.15, 0.2) is 119 Å². The summed E-state index contributed by atoms with van der Waals surface area (Å²) in [6, 6.07) is 25.9. The lowest BCUT2D eigenvalue weighted by Gasteiger charge is -2.34. The van der Waals surface area contributed by atoms with Gasteiger partial charge in [0.15, 0.2) is 0 Å². The summed E-state index contributed by atoms with van der Waals surface area (Å²) in [4.78, 5) is 29.4. The molecule has 0 fully saturated rings. The molecule has 2 atom stereocenters. The molecule has 0 aliphatic rings. The van der Waals surface area contributed by atoms with E-state index in [9.17, 15) is 31.2 Å². The number of amides is 2. The fourth-order valence-electron chi connectivity index (χ4n) is 4.87.